The number of aromatic nitrogens is 3. The van der Waals surface area contributed by atoms with Gasteiger partial charge >= 0.3 is 5.97 Å². The van der Waals surface area contributed by atoms with Crippen LogP contribution in [-0.2, 0) is 9.53 Å². The van der Waals surface area contributed by atoms with Gasteiger partial charge in [0.25, 0.3) is 5.56 Å². The van der Waals surface area contributed by atoms with Gasteiger partial charge in [-0.15, -0.1) is 11.3 Å². The van der Waals surface area contributed by atoms with Crippen molar-refractivity contribution in [3.05, 3.63) is 120 Å². The quantitative estimate of drug-likeness (QED) is 0.259. The van der Waals surface area contributed by atoms with E-state index in [9.17, 15) is 9.59 Å². The summed E-state index contributed by atoms with van der Waals surface area (Å²) in [6, 6.07) is 20.5. The Kier molecular flexibility index (Phi) is 7.25. The summed E-state index contributed by atoms with van der Waals surface area (Å²) in [5, 5.41) is 6.87. The predicted molar refractivity (Wildman–Crippen MR) is 160 cm³/mol. The average molecular weight is 583 g/mol. The monoisotopic (exact) mass is 582 g/mol. The Morgan fingerprint density at radius 3 is 2.54 bits per heavy atom. The van der Waals surface area contributed by atoms with E-state index in [2.05, 4.69) is 4.99 Å². The van der Waals surface area contributed by atoms with Gasteiger partial charge in [0.05, 0.1) is 46.1 Å². The summed E-state index contributed by atoms with van der Waals surface area (Å²) in [5.41, 5.74) is 3.88. The van der Waals surface area contributed by atoms with Crippen molar-refractivity contribution in [1.29, 1.82) is 0 Å². The minimum absolute atomic E-state index is 0.215. The molecule has 1 atom stereocenters. The van der Waals surface area contributed by atoms with Gasteiger partial charge in [-0.05, 0) is 61.2 Å². The molecule has 2 aromatic carbocycles. The van der Waals surface area contributed by atoms with Crippen molar-refractivity contribution in [2.75, 3.05) is 13.7 Å². The number of fused-ring (bicyclic) bond motifs is 1. The normalized spacial score (nSPS) is 15.0. The number of hydrogen-bond donors (Lipinski definition) is 0. The maximum atomic E-state index is 14.1. The summed E-state index contributed by atoms with van der Waals surface area (Å²) in [7, 11) is 1.59. The van der Waals surface area contributed by atoms with Crippen LogP contribution in [-0.4, -0.2) is 34.0 Å². The fourth-order valence-corrected chi connectivity index (χ4v) is 6.61. The Balaban J connectivity index is 1.54. The van der Waals surface area contributed by atoms with Gasteiger partial charge in [-0.3, -0.25) is 9.36 Å². The van der Waals surface area contributed by atoms with E-state index >= 15 is 0 Å². The van der Waals surface area contributed by atoms with Gasteiger partial charge in [0, 0.05) is 11.8 Å². The van der Waals surface area contributed by atoms with E-state index in [4.69, 9.17) is 14.6 Å². The number of hydrogen-bond acceptors (Lipinski definition) is 8. The van der Waals surface area contributed by atoms with Crippen molar-refractivity contribution >= 4 is 34.7 Å². The van der Waals surface area contributed by atoms with Crippen molar-refractivity contribution in [2.45, 2.75) is 19.9 Å². The van der Waals surface area contributed by atoms with Crippen molar-refractivity contribution in [2.24, 2.45) is 4.99 Å². The zero-order chi connectivity index (χ0) is 28.5. The van der Waals surface area contributed by atoms with Crippen LogP contribution in [0.15, 0.2) is 99.4 Å². The molecule has 10 heteroatoms. The first kappa shape index (κ1) is 26.7. The molecule has 0 N–H and O–H groups in total. The third-order valence-electron chi connectivity index (χ3n) is 6.75. The van der Waals surface area contributed by atoms with Gasteiger partial charge in [-0.25, -0.2) is 14.5 Å². The number of thiophene rings is 1. The van der Waals surface area contributed by atoms with E-state index in [0.717, 1.165) is 27.4 Å². The van der Waals surface area contributed by atoms with Crippen molar-refractivity contribution in [3.63, 3.8) is 0 Å². The summed E-state index contributed by atoms with van der Waals surface area (Å²) in [6.07, 6.45) is 3.79. The number of ether oxygens (including phenoxy) is 2. The van der Waals surface area contributed by atoms with Crippen LogP contribution in [0.5, 0.6) is 5.75 Å². The summed E-state index contributed by atoms with van der Waals surface area (Å²) >= 11 is 2.88. The highest BCUT2D eigenvalue weighted by Crippen LogP contribution is 2.32. The summed E-state index contributed by atoms with van der Waals surface area (Å²) in [6.45, 7) is 3.75. The molecule has 206 valence electrons. The van der Waals surface area contributed by atoms with Crippen LogP contribution < -0.4 is 19.6 Å². The first-order valence-corrected chi connectivity index (χ1v) is 14.7. The molecule has 0 aliphatic carbocycles. The number of thiazole rings is 1. The van der Waals surface area contributed by atoms with Crippen LogP contribution >= 0.6 is 22.7 Å². The van der Waals surface area contributed by atoms with E-state index in [0.29, 0.717) is 26.4 Å². The third kappa shape index (κ3) is 4.96. The molecule has 0 radical (unpaired) electrons. The van der Waals surface area contributed by atoms with E-state index < -0.39 is 12.0 Å². The number of allylic oxidation sites excluding steroid dienone is 1. The Hall–Kier alpha value is -4.54. The van der Waals surface area contributed by atoms with Gasteiger partial charge in [0.15, 0.2) is 4.80 Å². The number of carbonyl (C=O) groups excluding carboxylic acids is 1. The molecule has 1 aliphatic rings. The fraction of sp³-hybridized carbons (Fsp3) is 0.161. The third-order valence-corrected chi connectivity index (χ3v) is 8.61. The van der Waals surface area contributed by atoms with Crippen LogP contribution in [0, 0.1) is 0 Å². The molecule has 8 nitrogen and oxygen atoms in total. The molecule has 0 fully saturated rings. The van der Waals surface area contributed by atoms with Crippen molar-refractivity contribution < 1.29 is 14.3 Å². The molecular formula is C31H26N4O4S2. The van der Waals surface area contributed by atoms with Crippen LogP contribution in [0.3, 0.4) is 0 Å². The summed E-state index contributed by atoms with van der Waals surface area (Å²) in [4.78, 5) is 33.4. The molecule has 0 bridgehead atoms. The molecule has 0 unspecified atom stereocenters. The van der Waals surface area contributed by atoms with Crippen molar-refractivity contribution in [1.82, 2.24) is 14.3 Å². The van der Waals surface area contributed by atoms with Gasteiger partial charge in [0.2, 0.25) is 0 Å². The van der Waals surface area contributed by atoms with Gasteiger partial charge in [0.1, 0.15) is 11.4 Å². The summed E-state index contributed by atoms with van der Waals surface area (Å²) in [5.74, 6) is 0.184. The van der Waals surface area contributed by atoms with E-state index in [1.54, 1.807) is 36.9 Å². The fourth-order valence-electron chi connectivity index (χ4n) is 4.85. The van der Waals surface area contributed by atoms with E-state index in [1.807, 2.05) is 89.1 Å². The van der Waals surface area contributed by atoms with Gasteiger partial charge in [-0.2, -0.15) is 5.10 Å². The molecule has 0 saturated carbocycles. The number of para-hydroxylation sites is 1. The highest BCUT2D eigenvalue weighted by Gasteiger charge is 2.33. The lowest BCUT2D eigenvalue weighted by atomic mass is 9.96. The van der Waals surface area contributed by atoms with E-state index in [1.165, 1.54) is 11.3 Å². The number of methoxy groups -OCH3 is 1. The molecule has 0 spiro atoms. The van der Waals surface area contributed by atoms with Gasteiger partial charge in [-0.1, -0.05) is 47.7 Å². The highest BCUT2D eigenvalue weighted by molar-refractivity contribution is 7.13. The molecule has 5 aromatic rings. The van der Waals surface area contributed by atoms with Gasteiger partial charge < -0.3 is 9.47 Å². The first-order chi connectivity index (χ1) is 20.0. The first-order valence-electron chi connectivity index (χ1n) is 13.0. The number of nitrogens with zero attached hydrogens (tertiary/aromatic N) is 4. The Morgan fingerprint density at radius 2 is 1.85 bits per heavy atom. The standard InChI is InChI=1S/C31H26N4O4S2/c1-4-39-30(37)26-19(2)32-31-35(28(26)20-12-14-23(38-3)15-13-20)29(36)25(41-31)17-21-18-34(22-9-6-5-7-10-22)33-27(21)24-11-8-16-40-24/h5-18,28H,4H2,1-3H3/b25-17-/t28-/m1/s1. The smallest absolute Gasteiger partial charge is 0.338 e. The minimum atomic E-state index is -0.692. The lowest BCUT2D eigenvalue weighted by Crippen LogP contribution is -2.39. The second-order valence-corrected chi connectivity index (χ2v) is 11.2. The number of rotatable bonds is 7. The second kappa shape index (κ2) is 11.1. The molecular weight excluding hydrogens is 556 g/mol. The minimum Gasteiger partial charge on any atom is -0.497 e. The van der Waals surface area contributed by atoms with E-state index in [-0.39, 0.29) is 12.2 Å². The summed E-state index contributed by atoms with van der Waals surface area (Å²) < 4.78 is 14.6. The van der Waals surface area contributed by atoms with Crippen LogP contribution in [0.4, 0.5) is 0 Å². The SMILES string of the molecule is CCOC(=O)C1=C(C)N=c2s/c(=C\c3cn(-c4ccccc4)nc3-c3cccs3)c(=O)n2[C@@H]1c1ccc(OC)cc1. The molecule has 0 saturated heterocycles. The zero-order valence-electron chi connectivity index (χ0n) is 22.6. The number of esters is 1. The van der Waals surface area contributed by atoms with Crippen LogP contribution in [0.1, 0.15) is 31.0 Å². The maximum Gasteiger partial charge on any atom is 0.338 e. The molecule has 6 rings (SSSR count). The molecule has 3 aromatic heterocycles. The number of carbonyl (C=O) groups is 1. The lowest BCUT2D eigenvalue weighted by molar-refractivity contribution is -0.139. The largest absolute Gasteiger partial charge is 0.497 e. The molecule has 1 aliphatic heterocycles. The maximum absolute atomic E-state index is 14.1. The Bertz CT molecular complexity index is 1930. The molecule has 41 heavy (non-hydrogen) atoms. The highest BCUT2D eigenvalue weighted by atomic mass is 32.1. The Labute approximate surface area is 243 Å². The van der Waals surface area contributed by atoms with Crippen molar-refractivity contribution in [3.8, 4) is 22.0 Å². The topological polar surface area (TPSA) is 87.7 Å². The Morgan fingerprint density at radius 1 is 1.07 bits per heavy atom. The molecule has 4 heterocycles. The van der Waals surface area contributed by atoms with Crippen LogP contribution in [0.2, 0.25) is 0 Å². The lowest BCUT2D eigenvalue weighted by Gasteiger charge is -2.24. The van der Waals surface area contributed by atoms with Crippen LogP contribution in [0.25, 0.3) is 22.3 Å². The zero-order valence-corrected chi connectivity index (χ0v) is 24.2. The predicted octanol–water partition coefficient (Wildman–Crippen LogP) is 4.72. The average Bonchev–Trinajstić information content (AvgIpc) is 3.73. The molecule has 0 amide bonds. The number of benzene rings is 2. The second-order valence-electron chi connectivity index (χ2n) is 9.27.